The third-order valence-electron chi connectivity index (χ3n) is 6.59. The topological polar surface area (TPSA) is 104 Å². The highest BCUT2D eigenvalue weighted by molar-refractivity contribution is 5.69. The second-order valence-corrected chi connectivity index (χ2v) is 9.22. The lowest BCUT2D eigenvalue weighted by molar-refractivity contribution is -0.159. The van der Waals surface area contributed by atoms with E-state index in [1.54, 1.807) is 0 Å². The summed E-state index contributed by atoms with van der Waals surface area (Å²) in [4.78, 5) is 22.9. The fourth-order valence-corrected chi connectivity index (χ4v) is 5.27. The molecule has 2 aliphatic carbocycles. The van der Waals surface area contributed by atoms with Gasteiger partial charge in [-0.3, -0.25) is 9.59 Å². The summed E-state index contributed by atoms with van der Waals surface area (Å²) in [5, 5.41) is 28.9. The van der Waals surface area contributed by atoms with Gasteiger partial charge in [-0.15, -0.1) is 0 Å². The molecule has 6 heteroatoms. The SMILES string of the molecule is CCCC(=O)O[C@H]1C[C@H](C)CC2C=C[C@H](C)[C@H](CC[C@@H](O)C[C@@H](O)CC(=O)O)[C@H]21. The van der Waals surface area contributed by atoms with E-state index in [4.69, 9.17) is 9.84 Å². The second-order valence-electron chi connectivity index (χ2n) is 9.22. The molecule has 2 aliphatic rings. The Morgan fingerprint density at radius 1 is 1.14 bits per heavy atom. The summed E-state index contributed by atoms with van der Waals surface area (Å²) in [5.74, 6) is 0.578. The molecule has 8 atom stereocenters. The van der Waals surface area contributed by atoms with Crippen LogP contribution in [0.5, 0.6) is 0 Å². The molecule has 166 valence electrons. The zero-order chi connectivity index (χ0) is 21.6. The number of ether oxygens (including phenoxy) is 1. The first-order valence-electron chi connectivity index (χ1n) is 11.2. The van der Waals surface area contributed by atoms with Gasteiger partial charge in [0.1, 0.15) is 6.10 Å². The van der Waals surface area contributed by atoms with Gasteiger partial charge in [-0.2, -0.15) is 0 Å². The van der Waals surface area contributed by atoms with Crippen molar-refractivity contribution in [2.75, 3.05) is 0 Å². The summed E-state index contributed by atoms with van der Waals surface area (Å²) in [6.45, 7) is 6.36. The third kappa shape index (κ3) is 7.10. The van der Waals surface area contributed by atoms with Crippen molar-refractivity contribution in [3.63, 3.8) is 0 Å². The Labute approximate surface area is 174 Å². The van der Waals surface area contributed by atoms with Crippen molar-refractivity contribution in [2.24, 2.45) is 29.6 Å². The molecule has 0 aromatic carbocycles. The number of hydrogen-bond acceptors (Lipinski definition) is 5. The van der Waals surface area contributed by atoms with Crippen LogP contribution < -0.4 is 0 Å². The number of carboxylic acids is 1. The molecule has 0 spiro atoms. The molecule has 3 N–H and O–H groups in total. The van der Waals surface area contributed by atoms with Crippen molar-refractivity contribution in [1.29, 1.82) is 0 Å². The number of fused-ring (bicyclic) bond motifs is 1. The van der Waals surface area contributed by atoms with Crippen LogP contribution in [0.3, 0.4) is 0 Å². The number of esters is 1. The molecule has 0 aromatic heterocycles. The number of rotatable bonds is 10. The Hall–Kier alpha value is -1.40. The summed E-state index contributed by atoms with van der Waals surface area (Å²) < 4.78 is 5.92. The summed E-state index contributed by atoms with van der Waals surface area (Å²) in [6.07, 6.45) is 6.88. The van der Waals surface area contributed by atoms with Crippen LogP contribution in [0.1, 0.15) is 72.1 Å². The van der Waals surface area contributed by atoms with Gasteiger partial charge in [0, 0.05) is 12.3 Å². The highest BCUT2D eigenvalue weighted by Crippen LogP contribution is 2.47. The minimum Gasteiger partial charge on any atom is -0.481 e. The summed E-state index contributed by atoms with van der Waals surface area (Å²) in [7, 11) is 0. The average molecular weight is 411 g/mol. The van der Waals surface area contributed by atoms with E-state index in [2.05, 4.69) is 26.0 Å². The van der Waals surface area contributed by atoms with Crippen LogP contribution in [-0.2, 0) is 14.3 Å². The molecule has 0 heterocycles. The van der Waals surface area contributed by atoms with Crippen molar-refractivity contribution in [3.8, 4) is 0 Å². The molecule has 0 radical (unpaired) electrons. The van der Waals surface area contributed by atoms with Crippen LogP contribution in [0.15, 0.2) is 12.2 Å². The van der Waals surface area contributed by atoms with Gasteiger partial charge in [0.25, 0.3) is 0 Å². The summed E-state index contributed by atoms with van der Waals surface area (Å²) in [6, 6.07) is 0. The van der Waals surface area contributed by atoms with Gasteiger partial charge in [-0.25, -0.2) is 0 Å². The number of aliphatic hydroxyl groups is 2. The van der Waals surface area contributed by atoms with Gasteiger partial charge in [-0.1, -0.05) is 32.9 Å². The Morgan fingerprint density at radius 3 is 2.52 bits per heavy atom. The Kier molecular flexibility index (Phi) is 9.15. The molecule has 1 unspecified atom stereocenters. The monoisotopic (exact) mass is 410 g/mol. The molecule has 29 heavy (non-hydrogen) atoms. The normalized spacial score (nSPS) is 33.6. The van der Waals surface area contributed by atoms with E-state index in [1.807, 2.05) is 6.92 Å². The summed E-state index contributed by atoms with van der Waals surface area (Å²) >= 11 is 0. The Bertz CT molecular complexity index is 574. The standard InChI is InChI=1S/C23H38O6/c1-4-5-22(28)29-20-11-14(2)10-16-7-6-15(3)19(23(16)20)9-8-17(24)12-18(25)13-21(26)27/h6-7,14-20,23-25H,4-5,8-13H2,1-3H3,(H,26,27)/t14-,15+,16?,17-,18-,19+,20+,23+/m1/s1. The lowest BCUT2D eigenvalue weighted by atomic mass is 9.60. The average Bonchev–Trinajstić information content (AvgIpc) is 2.60. The van der Waals surface area contributed by atoms with Crippen molar-refractivity contribution >= 4 is 11.9 Å². The van der Waals surface area contributed by atoms with Crippen molar-refractivity contribution in [3.05, 3.63) is 12.2 Å². The molecular weight excluding hydrogens is 372 g/mol. The number of aliphatic hydroxyl groups excluding tert-OH is 2. The highest BCUT2D eigenvalue weighted by atomic mass is 16.5. The molecule has 0 aromatic rings. The van der Waals surface area contributed by atoms with Gasteiger partial charge < -0.3 is 20.1 Å². The largest absolute Gasteiger partial charge is 0.481 e. The molecular formula is C23H38O6. The predicted molar refractivity (Wildman–Crippen MR) is 110 cm³/mol. The third-order valence-corrected chi connectivity index (χ3v) is 6.59. The number of carbonyl (C=O) groups is 2. The maximum Gasteiger partial charge on any atom is 0.306 e. The van der Waals surface area contributed by atoms with E-state index < -0.39 is 18.2 Å². The first-order chi connectivity index (χ1) is 13.7. The van der Waals surface area contributed by atoms with Gasteiger partial charge in [0.15, 0.2) is 0 Å². The van der Waals surface area contributed by atoms with Gasteiger partial charge >= 0.3 is 11.9 Å². The first-order valence-corrected chi connectivity index (χ1v) is 11.2. The lowest BCUT2D eigenvalue weighted by Gasteiger charge is -2.47. The van der Waals surface area contributed by atoms with Crippen molar-refractivity contribution in [1.82, 2.24) is 0 Å². The van der Waals surface area contributed by atoms with Gasteiger partial charge in [0.05, 0.1) is 18.6 Å². The summed E-state index contributed by atoms with van der Waals surface area (Å²) in [5.41, 5.74) is 0. The molecule has 1 saturated carbocycles. The second kappa shape index (κ2) is 11.1. The highest BCUT2D eigenvalue weighted by Gasteiger charge is 2.44. The Morgan fingerprint density at radius 2 is 1.86 bits per heavy atom. The van der Waals surface area contributed by atoms with Crippen LogP contribution in [0.2, 0.25) is 0 Å². The zero-order valence-corrected chi connectivity index (χ0v) is 18.0. The fraction of sp³-hybridized carbons (Fsp3) is 0.826. The van der Waals surface area contributed by atoms with E-state index >= 15 is 0 Å². The number of carbonyl (C=O) groups excluding carboxylic acids is 1. The van der Waals surface area contributed by atoms with Crippen LogP contribution in [-0.4, -0.2) is 45.6 Å². The Balaban J connectivity index is 2.03. The van der Waals surface area contributed by atoms with Crippen molar-refractivity contribution in [2.45, 2.75) is 90.4 Å². The number of carboxylic acid groups (broad SMARTS) is 1. The minimum atomic E-state index is -1.06. The van der Waals surface area contributed by atoms with Crippen LogP contribution in [0, 0.1) is 29.6 Å². The zero-order valence-electron chi connectivity index (χ0n) is 18.0. The first kappa shape index (κ1) is 23.9. The quantitative estimate of drug-likeness (QED) is 0.376. The van der Waals surface area contributed by atoms with E-state index in [-0.39, 0.29) is 30.8 Å². The van der Waals surface area contributed by atoms with E-state index in [1.165, 1.54) is 0 Å². The fourth-order valence-electron chi connectivity index (χ4n) is 5.27. The molecule has 0 saturated heterocycles. The van der Waals surface area contributed by atoms with Crippen LogP contribution in [0.4, 0.5) is 0 Å². The van der Waals surface area contributed by atoms with E-state index in [0.29, 0.717) is 36.5 Å². The van der Waals surface area contributed by atoms with Crippen LogP contribution in [0.25, 0.3) is 0 Å². The molecule has 0 amide bonds. The van der Waals surface area contributed by atoms with E-state index in [0.717, 1.165) is 25.7 Å². The lowest BCUT2D eigenvalue weighted by Crippen LogP contribution is -2.45. The minimum absolute atomic E-state index is 0.0727. The number of hydrogen-bond donors (Lipinski definition) is 3. The maximum atomic E-state index is 12.2. The van der Waals surface area contributed by atoms with Gasteiger partial charge in [-0.05, 0) is 62.2 Å². The molecule has 0 bridgehead atoms. The molecule has 6 nitrogen and oxygen atoms in total. The molecule has 1 fully saturated rings. The predicted octanol–water partition coefficient (Wildman–Crippen LogP) is 3.55. The number of aliphatic carboxylic acids is 1. The molecule has 2 rings (SSSR count). The van der Waals surface area contributed by atoms with Crippen molar-refractivity contribution < 1.29 is 29.6 Å². The van der Waals surface area contributed by atoms with Gasteiger partial charge in [0.2, 0.25) is 0 Å². The maximum absolute atomic E-state index is 12.2. The number of allylic oxidation sites excluding steroid dienone is 2. The smallest absolute Gasteiger partial charge is 0.306 e. The molecule has 0 aliphatic heterocycles. The van der Waals surface area contributed by atoms with Crippen LogP contribution >= 0.6 is 0 Å². The van der Waals surface area contributed by atoms with E-state index in [9.17, 15) is 19.8 Å².